The number of hydrogen-bond donors (Lipinski definition) is 2. The molecule has 0 rings (SSSR count). The SMILES string of the molecule is CC(=C/C=C/C=N)/C=C(\C)N. The molecular formula is C9H14N2. The summed E-state index contributed by atoms with van der Waals surface area (Å²) in [5, 5.41) is 6.71. The van der Waals surface area contributed by atoms with E-state index in [1.165, 1.54) is 6.21 Å². The highest BCUT2D eigenvalue weighted by atomic mass is 14.5. The first kappa shape index (κ1) is 9.69. The van der Waals surface area contributed by atoms with Crippen molar-refractivity contribution in [1.29, 1.82) is 5.41 Å². The molecule has 0 aliphatic heterocycles. The van der Waals surface area contributed by atoms with Gasteiger partial charge in [0.15, 0.2) is 0 Å². The maximum atomic E-state index is 6.71. The number of allylic oxidation sites excluding steroid dienone is 6. The maximum absolute atomic E-state index is 6.71. The Bertz CT molecular complexity index is 206. The molecule has 0 atom stereocenters. The summed E-state index contributed by atoms with van der Waals surface area (Å²) in [7, 11) is 0. The highest BCUT2D eigenvalue weighted by Gasteiger charge is 1.79. The third-order valence-corrected chi connectivity index (χ3v) is 1.02. The number of nitrogens with one attached hydrogen (secondary N) is 1. The lowest BCUT2D eigenvalue weighted by Gasteiger charge is -1.90. The fourth-order valence-electron chi connectivity index (χ4n) is 0.670. The molecule has 0 saturated carbocycles. The molecule has 0 bridgehead atoms. The van der Waals surface area contributed by atoms with Crippen LogP contribution >= 0.6 is 0 Å². The highest BCUT2D eigenvalue weighted by Crippen LogP contribution is 1.96. The van der Waals surface area contributed by atoms with Gasteiger partial charge in [-0.15, -0.1) is 0 Å². The third-order valence-electron chi connectivity index (χ3n) is 1.02. The van der Waals surface area contributed by atoms with Crippen LogP contribution in [-0.4, -0.2) is 6.21 Å². The Morgan fingerprint density at radius 2 is 1.91 bits per heavy atom. The van der Waals surface area contributed by atoms with E-state index in [1.54, 1.807) is 6.08 Å². The van der Waals surface area contributed by atoms with Crippen LogP contribution in [0.15, 0.2) is 35.6 Å². The average molecular weight is 150 g/mol. The Morgan fingerprint density at radius 1 is 1.27 bits per heavy atom. The zero-order valence-corrected chi connectivity index (χ0v) is 6.96. The Morgan fingerprint density at radius 3 is 2.36 bits per heavy atom. The van der Waals surface area contributed by atoms with Gasteiger partial charge in [-0.2, -0.15) is 0 Å². The van der Waals surface area contributed by atoms with E-state index in [4.69, 9.17) is 11.1 Å². The topological polar surface area (TPSA) is 49.9 Å². The predicted octanol–water partition coefficient (Wildman–Crippen LogP) is 2.00. The smallest absolute Gasteiger partial charge is 0.0177 e. The molecule has 3 N–H and O–H groups in total. The number of nitrogens with two attached hydrogens (primary N) is 1. The first-order chi connectivity index (χ1) is 5.16. The standard InChI is InChI=1S/C9H14N2/c1-8(7-9(2)11)5-3-4-6-10/h3-7,10H,11H2,1-2H3/b4-3+,8-5-,9-7+,10-6?. The van der Waals surface area contributed by atoms with E-state index in [0.29, 0.717) is 0 Å². The Balaban J connectivity index is 4.12. The Labute approximate surface area is 67.6 Å². The monoisotopic (exact) mass is 150 g/mol. The summed E-state index contributed by atoms with van der Waals surface area (Å²) < 4.78 is 0. The van der Waals surface area contributed by atoms with Gasteiger partial charge in [0.1, 0.15) is 0 Å². The zero-order chi connectivity index (χ0) is 8.69. The van der Waals surface area contributed by atoms with Crippen LogP contribution in [0.4, 0.5) is 0 Å². The van der Waals surface area contributed by atoms with Gasteiger partial charge in [-0.05, 0) is 31.6 Å². The number of rotatable bonds is 3. The fourth-order valence-corrected chi connectivity index (χ4v) is 0.670. The molecule has 0 aliphatic rings. The molecular weight excluding hydrogens is 136 g/mol. The molecule has 0 aromatic heterocycles. The molecule has 0 heterocycles. The zero-order valence-electron chi connectivity index (χ0n) is 6.96. The molecule has 0 spiro atoms. The van der Waals surface area contributed by atoms with Crippen molar-refractivity contribution in [2.45, 2.75) is 13.8 Å². The van der Waals surface area contributed by atoms with Crippen molar-refractivity contribution in [3.63, 3.8) is 0 Å². The minimum Gasteiger partial charge on any atom is -0.402 e. The van der Waals surface area contributed by atoms with Crippen molar-refractivity contribution in [3.05, 3.63) is 35.6 Å². The fraction of sp³-hybridized carbons (Fsp3) is 0.222. The molecule has 2 heteroatoms. The Hall–Kier alpha value is -1.31. The molecule has 0 aliphatic carbocycles. The van der Waals surface area contributed by atoms with E-state index < -0.39 is 0 Å². The molecule has 11 heavy (non-hydrogen) atoms. The summed E-state index contributed by atoms with van der Waals surface area (Å²) in [6.07, 6.45) is 8.49. The van der Waals surface area contributed by atoms with Crippen molar-refractivity contribution in [2.75, 3.05) is 0 Å². The molecule has 0 amide bonds. The van der Waals surface area contributed by atoms with E-state index in [1.807, 2.05) is 32.1 Å². The summed E-state index contributed by atoms with van der Waals surface area (Å²) in [5.74, 6) is 0. The van der Waals surface area contributed by atoms with Gasteiger partial charge in [0, 0.05) is 11.9 Å². The van der Waals surface area contributed by atoms with Crippen LogP contribution in [-0.2, 0) is 0 Å². The van der Waals surface area contributed by atoms with Gasteiger partial charge in [-0.3, -0.25) is 0 Å². The lowest BCUT2D eigenvalue weighted by atomic mass is 10.2. The lowest BCUT2D eigenvalue weighted by molar-refractivity contribution is 1.29. The first-order valence-corrected chi connectivity index (χ1v) is 3.44. The van der Waals surface area contributed by atoms with Gasteiger partial charge in [0.2, 0.25) is 0 Å². The lowest BCUT2D eigenvalue weighted by Crippen LogP contribution is -1.89. The normalized spacial score (nSPS) is 14.0. The minimum atomic E-state index is 0.794. The summed E-state index contributed by atoms with van der Waals surface area (Å²) >= 11 is 0. The number of hydrogen-bond acceptors (Lipinski definition) is 2. The molecule has 0 unspecified atom stereocenters. The van der Waals surface area contributed by atoms with Crippen LogP contribution in [0.3, 0.4) is 0 Å². The van der Waals surface area contributed by atoms with Crippen LogP contribution in [0.1, 0.15) is 13.8 Å². The van der Waals surface area contributed by atoms with E-state index in [0.717, 1.165) is 11.3 Å². The summed E-state index contributed by atoms with van der Waals surface area (Å²) in [6, 6.07) is 0. The van der Waals surface area contributed by atoms with Crippen molar-refractivity contribution < 1.29 is 0 Å². The van der Waals surface area contributed by atoms with Crippen molar-refractivity contribution >= 4 is 6.21 Å². The quantitative estimate of drug-likeness (QED) is 0.469. The van der Waals surface area contributed by atoms with E-state index in [-0.39, 0.29) is 0 Å². The highest BCUT2D eigenvalue weighted by molar-refractivity contribution is 5.68. The van der Waals surface area contributed by atoms with Crippen LogP contribution in [0, 0.1) is 5.41 Å². The van der Waals surface area contributed by atoms with Crippen molar-refractivity contribution in [2.24, 2.45) is 5.73 Å². The molecule has 0 saturated heterocycles. The predicted molar refractivity (Wildman–Crippen MR) is 49.6 cm³/mol. The summed E-state index contributed by atoms with van der Waals surface area (Å²) in [5.41, 5.74) is 7.33. The molecule has 2 nitrogen and oxygen atoms in total. The van der Waals surface area contributed by atoms with Crippen molar-refractivity contribution in [3.8, 4) is 0 Å². The minimum absolute atomic E-state index is 0.794. The summed E-state index contributed by atoms with van der Waals surface area (Å²) in [4.78, 5) is 0. The van der Waals surface area contributed by atoms with E-state index in [9.17, 15) is 0 Å². The Kier molecular flexibility index (Phi) is 4.82. The molecule has 0 radical (unpaired) electrons. The van der Waals surface area contributed by atoms with Gasteiger partial charge < -0.3 is 11.1 Å². The maximum Gasteiger partial charge on any atom is 0.0177 e. The average Bonchev–Trinajstić information content (AvgIpc) is 1.86. The van der Waals surface area contributed by atoms with Gasteiger partial charge in [-0.1, -0.05) is 12.2 Å². The van der Waals surface area contributed by atoms with Crippen LogP contribution in [0.2, 0.25) is 0 Å². The largest absolute Gasteiger partial charge is 0.402 e. The second-order valence-corrected chi connectivity index (χ2v) is 2.35. The van der Waals surface area contributed by atoms with Crippen LogP contribution in [0.25, 0.3) is 0 Å². The van der Waals surface area contributed by atoms with Gasteiger partial charge in [0.25, 0.3) is 0 Å². The van der Waals surface area contributed by atoms with Gasteiger partial charge in [-0.25, -0.2) is 0 Å². The van der Waals surface area contributed by atoms with Gasteiger partial charge in [0.05, 0.1) is 0 Å². The van der Waals surface area contributed by atoms with Gasteiger partial charge >= 0.3 is 0 Å². The second-order valence-electron chi connectivity index (χ2n) is 2.35. The van der Waals surface area contributed by atoms with E-state index >= 15 is 0 Å². The third kappa shape index (κ3) is 6.58. The van der Waals surface area contributed by atoms with Crippen LogP contribution in [0.5, 0.6) is 0 Å². The molecule has 0 aromatic rings. The molecule has 0 aromatic carbocycles. The van der Waals surface area contributed by atoms with Crippen LogP contribution < -0.4 is 5.73 Å². The molecule has 0 fully saturated rings. The van der Waals surface area contributed by atoms with Crippen molar-refractivity contribution in [1.82, 2.24) is 0 Å². The summed E-state index contributed by atoms with van der Waals surface area (Å²) in [6.45, 7) is 3.81. The first-order valence-electron chi connectivity index (χ1n) is 3.44. The molecule has 60 valence electrons. The van der Waals surface area contributed by atoms with E-state index in [2.05, 4.69) is 0 Å². The second kappa shape index (κ2) is 5.47.